The number of hydrogen-bond acceptors (Lipinski definition) is 5. The number of nitrogens with zero attached hydrogens (tertiary/aromatic N) is 2. The Morgan fingerprint density at radius 2 is 2.05 bits per heavy atom. The molecule has 7 nitrogen and oxygen atoms in total. The Morgan fingerprint density at radius 3 is 2.70 bits per heavy atom. The van der Waals surface area contributed by atoms with E-state index in [1.807, 2.05) is 0 Å². The first-order chi connectivity index (χ1) is 9.56. The fraction of sp³-hybridized carbons (Fsp3) is 0.231. The summed E-state index contributed by atoms with van der Waals surface area (Å²) in [6.45, 7) is 1.70. The summed E-state index contributed by atoms with van der Waals surface area (Å²) in [6.07, 6.45) is -0.305. The molecule has 0 fully saturated rings. The molecule has 1 aromatic carbocycles. The van der Waals surface area contributed by atoms with Crippen LogP contribution in [0.2, 0.25) is 0 Å². The summed E-state index contributed by atoms with van der Waals surface area (Å²) in [7, 11) is 0. The van der Waals surface area contributed by atoms with Crippen molar-refractivity contribution >= 4 is 17.6 Å². The van der Waals surface area contributed by atoms with Crippen molar-refractivity contribution in [2.75, 3.05) is 5.32 Å². The van der Waals surface area contributed by atoms with E-state index in [4.69, 9.17) is 9.63 Å². The number of anilines is 1. The second-order valence-electron chi connectivity index (χ2n) is 4.13. The van der Waals surface area contributed by atoms with Gasteiger partial charge in [0.15, 0.2) is 5.82 Å². The lowest BCUT2D eigenvalue weighted by atomic mass is 10.1. The normalized spacial score (nSPS) is 10.2. The van der Waals surface area contributed by atoms with Gasteiger partial charge in [0.05, 0.1) is 17.7 Å². The molecule has 0 saturated carbocycles. The average molecular weight is 275 g/mol. The van der Waals surface area contributed by atoms with Gasteiger partial charge in [-0.1, -0.05) is 17.3 Å². The Balaban J connectivity index is 2.16. The highest BCUT2D eigenvalue weighted by Gasteiger charge is 2.13. The van der Waals surface area contributed by atoms with Crippen LogP contribution in [-0.4, -0.2) is 27.1 Å². The highest BCUT2D eigenvalue weighted by atomic mass is 16.5. The van der Waals surface area contributed by atoms with Crippen molar-refractivity contribution in [2.45, 2.75) is 19.8 Å². The van der Waals surface area contributed by atoms with Gasteiger partial charge < -0.3 is 14.9 Å². The number of carbonyl (C=O) groups excluding carboxylic acids is 1. The van der Waals surface area contributed by atoms with Gasteiger partial charge in [0.2, 0.25) is 5.91 Å². The summed E-state index contributed by atoms with van der Waals surface area (Å²) in [6, 6.07) is 6.95. The molecule has 2 rings (SSSR count). The molecule has 0 unspecified atom stereocenters. The SMILES string of the molecule is Cc1noc(-c2ccccc2NC(=O)CCC(=O)O)n1. The van der Waals surface area contributed by atoms with E-state index in [2.05, 4.69) is 15.5 Å². The summed E-state index contributed by atoms with van der Waals surface area (Å²) in [5.74, 6) is -0.597. The van der Waals surface area contributed by atoms with Gasteiger partial charge in [-0.25, -0.2) is 0 Å². The Kier molecular flexibility index (Phi) is 4.09. The molecular weight excluding hydrogens is 262 g/mol. The number of para-hydroxylation sites is 1. The summed E-state index contributed by atoms with van der Waals surface area (Å²) in [5, 5.41) is 14.9. The zero-order valence-electron chi connectivity index (χ0n) is 10.8. The van der Waals surface area contributed by atoms with Gasteiger partial charge in [-0.15, -0.1) is 0 Å². The van der Waals surface area contributed by atoms with Crippen LogP contribution in [0.1, 0.15) is 18.7 Å². The van der Waals surface area contributed by atoms with Gasteiger partial charge in [0.25, 0.3) is 5.89 Å². The first kappa shape index (κ1) is 13.7. The average Bonchev–Trinajstić information content (AvgIpc) is 2.83. The van der Waals surface area contributed by atoms with E-state index in [0.717, 1.165) is 0 Å². The molecule has 20 heavy (non-hydrogen) atoms. The van der Waals surface area contributed by atoms with E-state index >= 15 is 0 Å². The molecule has 0 saturated heterocycles. The third-order valence-corrected chi connectivity index (χ3v) is 2.53. The molecule has 0 spiro atoms. The monoisotopic (exact) mass is 275 g/mol. The van der Waals surface area contributed by atoms with Crippen LogP contribution in [0.5, 0.6) is 0 Å². The molecule has 0 atom stereocenters. The molecule has 0 aliphatic carbocycles. The quantitative estimate of drug-likeness (QED) is 0.862. The largest absolute Gasteiger partial charge is 0.481 e. The molecule has 0 bridgehead atoms. The molecule has 0 aliphatic rings. The van der Waals surface area contributed by atoms with E-state index in [0.29, 0.717) is 23.0 Å². The third kappa shape index (κ3) is 3.41. The number of nitrogens with one attached hydrogen (secondary N) is 1. The molecule has 1 heterocycles. The first-order valence-corrected chi connectivity index (χ1v) is 5.97. The number of carboxylic acids is 1. The van der Waals surface area contributed by atoms with Gasteiger partial charge in [-0.3, -0.25) is 9.59 Å². The highest BCUT2D eigenvalue weighted by Crippen LogP contribution is 2.26. The van der Waals surface area contributed by atoms with Crippen molar-refractivity contribution < 1.29 is 19.2 Å². The van der Waals surface area contributed by atoms with Gasteiger partial charge in [0, 0.05) is 6.42 Å². The number of carbonyl (C=O) groups is 2. The van der Waals surface area contributed by atoms with Crippen molar-refractivity contribution in [2.24, 2.45) is 0 Å². The van der Waals surface area contributed by atoms with Crippen LogP contribution in [0.4, 0.5) is 5.69 Å². The van der Waals surface area contributed by atoms with Gasteiger partial charge in [0.1, 0.15) is 0 Å². The maximum absolute atomic E-state index is 11.7. The van der Waals surface area contributed by atoms with Crippen molar-refractivity contribution in [1.82, 2.24) is 10.1 Å². The fourth-order valence-electron chi connectivity index (χ4n) is 1.62. The molecule has 1 aromatic heterocycles. The van der Waals surface area contributed by atoms with Crippen LogP contribution in [-0.2, 0) is 9.59 Å². The number of hydrogen-bond donors (Lipinski definition) is 2. The standard InChI is InChI=1S/C13H13N3O4/c1-8-14-13(20-16-8)9-4-2-3-5-10(9)15-11(17)6-7-12(18)19/h2-5H,6-7H2,1H3,(H,15,17)(H,18,19). The number of aryl methyl sites for hydroxylation is 1. The van der Waals surface area contributed by atoms with Crippen molar-refractivity contribution in [1.29, 1.82) is 0 Å². The lowest BCUT2D eigenvalue weighted by Gasteiger charge is -2.07. The molecular formula is C13H13N3O4. The van der Waals surface area contributed by atoms with Gasteiger partial charge >= 0.3 is 5.97 Å². The molecule has 104 valence electrons. The topological polar surface area (TPSA) is 105 Å². The minimum Gasteiger partial charge on any atom is -0.481 e. The highest BCUT2D eigenvalue weighted by molar-refractivity contribution is 5.95. The molecule has 2 aromatic rings. The summed E-state index contributed by atoms with van der Waals surface area (Å²) >= 11 is 0. The molecule has 1 amide bonds. The van der Waals surface area contributed by atoms with Crippen LogP contribution in [0.3, 0.4) is 0 Å². The van der Waals surface area contributed by atoms with E-state index in [9.17, 15) is 9.59 Å². The minimum absolute atomic E-state index is 0.0907. The van der Waals surface area contributed by atoms with Crippen LogP contribution in [0.15, 0.2) is 28.8 Å². The predicted molar refractivity (Wildman–Crippen MR) is 70.0 cm³/mol. The molecule has 2 N–H and O–H groups in total. The fourth-order valence-corrected chi connectivity index (χ4v) is 1.62. The van der Waals surface area contributed by atoms with E-state index in [1.165, 1.54) is 0 Å². The Hall–Kier alpha value is -2.70. The number of aromatic nitrogens is 2. The maximum Gasteiger partial charge on any atom is 0.303 e. The third-order valence-electron chi connectivity index (χ3n) is 2.53. The Labute approximate surface area is 114 Å². The summed E-state index contributed by atoms with van der Waals surface area (Å²) in [4.78, 5) is 26.2. The summed E-state index contributed by atoms with van der Waals surface area (Å²) in [5.41, 5.74) is 1.10. The van der Waals surface area contributed by atoms with E-state index in [1.54, 1.807) is 31.2 Å². The Morgan fingerprint density at radius 1 is 1.30 bits per heavy atom. The van der Waals surface area contributed by atoms with E-state index in [-0.39, 0.29) is 18.7 Å². The first-order valence-electron chi connectivity index (χ1n) is 5.97. The zero-order valence-corrected chi connectivity index (χ0v) is 10.8. The van der Waals surface area contributed by atoms with Crippen LogP contribution in [0.25, 0.3) is 11.5 Å². The van der Waals surface area contributed by atoms with Crippen LogP contribution >= 0.6 is 0 Å². The lowest BCUT2D eigenvalue weighted by molar-refractivity contribution is -0.138. The predicted octanol–water partition coefficient (Wildman–Crippen LogP) is 1.85. The number of rotatable bonds is 5. The Bertz CT molecular complexity index is 636. The number of amides is 1. The number of benzene rings is 1. The minimum atomic E-state index is -1.01. The molecule has 0 radical (unpaired) electrons. The van der Waals surface area contributed by atoms with Gasteiger partial charge in [-0.2, -0.15) is 4.98 Å². The van der Waals surface area contributed by atoms with Crippen molar-refractivity contribution in [3.8, 4) is 11.5 Å². The zero-order chi connectivity index (χ0) is 14.5. The lowest BCUT2D eigenvalue weighted by Crippen LogP contribution is -2.13. The van der Waals surface area contributed by atoms with E-state index < -0.39 is 5.97 Å². The maximum atomic E-state index is 11.7. The smallest absolute Gasteiger partial charge is 0.303 e. The molecule has 0 aliphatic heterocycles. The van der Waals surface area contributed by atoms with Crippen LogP contribution < -0.4 is 5.32 Å². The number of carboxylic acid groups (broad SMARTS) is 1. The second-order valence-corrected chi connectivity index (χ2v) is 4.13. The number of aliphatic carboxylic acids is 1. The second kappa shape index (κ2) is 5.96. The van der Waals surface area contributed by atoms with Crippen molar-refractivity contribution in [3.05, 3.63) is 30.1 Å². The summed E-state index contributed by atoms with van der Waals surface area (Å²) < 4.78 is 5.06. The van der Waals surface area contributed by atoms with Crippen molar-refractivity contribution in [3.63, 3.8) is 0 Å². The molecule has 7 heteroatoms. The van der Waals surface area contributed by atoms with Crippen LogP contribution in [0, 0.1) is 6.92 Å². The van der Waals surface area contributed by atoms with Gasteiger partial charge in [-0.05, 0) is 19.1 Å².